The van der Waals surface area contributed by atoms with Gasteiger partial charge in [-0.15, -0.1) is 0 Å². The summed E-state index contributed by atoms with van der Waals surface area (Å²) in [6.45, 7) is 0.531. The average Bonchev–Trinajstić information content (AvgIpc) is 3.01. The van der Waals surface area contributed by atoms with Gasteiger partial charge in [-0.3, -0.25) is 9.48 Å². The first-order valence-corrected chi connectivity index (χ1v) is 8.89. The molecule has 0 unspecified atom stereocenters. The number of ether oxygens (including phenoxy) is 1. The molecular formula is C19H16BrF2N3O2. The third-order valence-corrected chi connectivity index (χ3v) is 4.26. The summed E-state index contributed by atoms with van der Waals surface area (Å²) in [5.74, 6) is -1.20. The van der Waals surface area contributed by atoms with Gasteiger partial charge in [-0.1, -0.05) is 15.9 Å². The number of aromatic nitrogens is 2. The Balaban J connectivity index is 1.65. The predicted molar refractivity (Wildman–Crippen MR) is 101 cm³/mol. The van der Waals surface area contributed by atoms with Crippen LogP contribution < -0.4 is 10.1 Å². The number of carbonyl (C=O) groups is 1. The summed E-state index contributed by atoms with van der Waals surface area (Å²) in [6.07, 6.45) is 1.49. The number of halogens is 3. The van der Waals surface area contributed by atoms with E-state index < -0.39 is 17.5 Å². The summed E-state index contributed by atoms with van der Waals surface area (Å²) < 4.78 is 35.1. The Morgan fingerprint density at radius 2 is 1.96 bits per heavy atom. The maximum absolute atomic E-state index is 14.1. The molecule has 0 aliphatic rings. The summed E-state index contributed by atoms with van der Waals surface area (Å²) in [6, 6.07) is 10.5. The van der Waals surface area contributed by atoms with Crippen LogP contribution in [0.4, 0.5) is 8.78 Å². The fraction of sp³-hybridized carbons (Fsp3) is 0.158. The zero-order valence-corrected chi connectivity index (χ0v) is 16.0. The van der Waals surface area contributed by atoms with Crippen LogP contribution >= 0.6 is 15.9 Å². The Kier molecular flexibility index (Phi) is 5.85. The lowest BCUT2D eigenvalue weighted by Crippen LogP contribution is -2.28. The number of hydrogen-bond acceptors (Lipinski definition) is 3. The van der Waals surface area contributed by atoms with Crippen LogP contribution in [0.15, 0.2) is 53.1 Å². The molecule has 0 saturated heterocycles. The van der Waals surface area contributed by atoms with Crippen molar-refractivity contribution in [2.75, 3.05) is 13.2 Å². The van der Waals surface area contributed by atoms with Crippen molar-refractivity contribution in [3.05, 3.63) is 70.3 Å². The number of nitrogens with zero attached hydrogens (tertiary/aromatic N) is 2. The third-order valence-electron chi connectivity index (χ3n) is 3.73. The Bertz CT molecular complexity index is 958. The van der Waals surface area contributed by atoms with Gasteiger partial charge in [0.2, 0.25) is 0 Å². The number of nitrogens with one attached hydrogen (secondary N) is 1. The van der Waals surface area contributed by atoms with Crippen molar-refractivity contribution in [3.8, 4) is 17.0 Å². The van der Waals surface area contributed by atoms with E-state index in [4.69, 9.17) is 4.74 Å². The number of aryl methyl sites for hydroxylation is 1. The monoisotopic (exact) mass is 435 g/mol. The van der Waals surface area contributed by atoms with E-state index in [-0.39, 0.29) is 30.0 Å². The van der Waals surface area contributed by atoms with Crippen molar-refractivity contribution in [2.45, 2.75) is 0 Å². The van der Waals surface area contributed by atoms with E-state index >= 15 is 0 Å². The van der Waals surface area contributed by atoms with Crippen molar-refractivity contribution in [1.82, 2.24) is 15.1 Å². The first kappa shape index (κ1) is 19.0. The van der Waals surface area contributed by atoms with Crippen LogP contribution in [0.5, 0.6) is 5.75 Å². The van der Waals surface area contributed by atoms with Crippen LogP contribution in [0, 0.1) is 11.6 Å². The van der Waals surface area contributed by atoms with Crippen LogP contribution in [-0.4, -0.2) is 28.8 Å². The van der Waals surface area contributed by atoms with Gasteiger partial charge < -0.3 is 10.1 Å². The second kappa shape index (κ2) is 8.30. The van der Waals surface area contributed by atoms with Crippen molar-refractivity contribution in [2.24, 2.45) is 7.05 Å². The number of hydrogen-bond donors (Lipinski definition) is 1. The smallest absolute Gasteiger partial charge is 0.255 e. The minimum atomic E-state index is -0.777. The average molecular weight is 436 g/mol. The quantitative estimate of drug-likeness (QED) is 0.596. The molecule has 0 saturated carbocycles. The first-order chi connectivity index (χ1) is 12.9. The van der Waals surface area contributed by atoms with Gasteiger partial charge in [-0.25, -0.2) is 8.78 Å². The summed E-state index contributed by atoms with van der Waals surface area (Å²) >= 11 is 3.34. The summed E-state index contributed by atoms with van der Waals surface area (Å²) in [4.78, 5) is 12.5. The standard InChI is InChI=1S/C19H16BrF2N3O2/c1-25-11-16(18(24-25)15-7-4-13(21)10-17(15)22)19(26)23-8-9-27-14-5-2-12(20)3-6-14/h2-7,10-11H,8-9H2,1H3,(H,23,26). The molecule has 1 amide bonds. The molecule has 3 rings (SSSR count). The van der Waals surface area contributed by atoms with Crippen molar-refractivity contribution in [1.29, 1.82) is 0 Å². The van der Waals surface area contributed by atoms with E-state index in [9.17, 15) is 13.6 Å². The van der Waals surface area contributed by atoms with Crippen molar-refractivity contribution in [3.63, 3.8) is 0 Å². The van der Waals surface area contributed by atoms with Gasteiger partial charge in [0.15, 0.2) is 0 Å². The van der Waals surface area contributed by atoms with Crippen molar-refractivity contribution >= 4 is 21.8 Å². The molecule has 1 N–H and O–H groups in total. The summed E-state index contributed by atoms with van der Waals surface area (Å²) in [7, 11) is 1.62. The Hall–Kier alpha value is -2.74. The Labute approximate surface area is 163 Å². The van der Waals surface area contributed by atoms with Gasteiger partial charge in [-0.2, -0.15) is 5.10 Å². The van der Waals surface area contributed by atoms with Gasteiger partial charge in [0.05, 0.1) is 12.1 Å². The fourth-order valence-corrected chi connectivity index (χ4v) is 2.76. The molecule has 1 heterocycles. The Morgan fingerprint density at radius 3 is 2.67 bits per heavy atom. The van der Waals surface area contributed by atoms with Gasteiger partial charge in [0, 0.05) is 29.3 Å². The molecule has 0 radical (unpaired) electrons. The molecule has 1 aromatic heterocycles. The highest BCUT2D eigenvalue weighted by atomic mass is 79.9. The van der Waals surface area contributed by atoms with Crippen molar-refractivity contribution < 1.29 is 18.3 Å². The number of carbonyl (C=O) groups excluding carboxylic acids is 1. The minimum absolute atomic E-state index is 0.0632. The summed E-state index contributed by atoms with van der Waals surface area (Å²) in [5, 5.41) is 6.85. The highest BCUT2D eigenvalue weighted by Crippen LogP contribution is 2.25. The molecule has 5 nitrogen and oxygen atoms in total. The molecule has 0 bridgehead atoms. The van der Waals surface area contributed by atoms with Gasteiger partial charge in [0.25, 0.3) is 5.91 Å². The van der Waals surface area contributed by atoms with Crippen LogP contribution in [-0.2, 0) is 7.05 Å². The van der Waals surface area contributed by atoms with Crippen LogP contribution in [0.1, 0.15) is 10.4 Å². The summed E-state index contributed by atoms with van der Waals surface area (Å²) in [5.41, 5.74) is 0.418. The molecule has 27 heavy (non-hydrogen) atoms. The fourth-order valence-electron chi connectivity index (χ4n) is 2.49. The minimum Gasteiger partial charge on any atom is -0.492 e. The molecule has 0 spiro atoms. The molecule has 0 aliphatic heterocycles. The van der Waals surface area contributed by atoms with Crippen LogP contribution in [0.3, 0.4) is 0 Å². The molecule has 0 fully saturated rings. The molecule has 8 heteroatoms. The normalized spacial score (nSPS) is 10.7. The van der Waals surface area contributed by atoms with Gasteiger partial charge >= 0.3 is 0 Å². The first-order valence-electron chi connectivity index (χ1n) is 8.09. The predicted octanol–water partition coefficient (Wildman–Crippen LogP) is 3.94. The lowest BCUT2D eigenvalue weighted by Gasteiger charge is -2.08. The molecule has 0 aliphatic carbocycles. The highest BCUT2D eigenvalue weighted by Gasteiger charge is 2.19. The van der Waals surface area contributed by atoms with Crippen LogP contribution in [0.25, 0.3) is 11.3 Å². The molecular weight excluding hydrogens is 420 g/mol. The van der Waals surface area contributed by atoms with E-state index in [1.165, 1.54) is 16.9 Å². The maximum Gasteiger partial charge on any atom is 0.255 e. The largest absolute Gasteiger partial charge is 0.492 e. The van der Waals surface area contributed by atoms with E-state index in [1.807, 2.05) is 24.3 Å². The number of benzene rings is 2. The Morgan fingerprint density at radius 1 is 1.22 bits per heavy atom. The SMILES string of the molecule is Cn1cc(C(=O)NCCOc2ccc(Br)cc2)c(-c2ccc(F)cc2F)n1. The lowest BCUT2D eigenvalue weighted by molar-refractivity contribution is 0.0947. The van der Waals surface area contributed by atoms with Gasteiger partial charge in [-0.05, 0) is 36.4 Å². The van der Waals surface area contributed by atoms with E-state index in [0.29, 0.717) is 5.75 Å². The zero-order chi connectivity index (χ0) is 19.4. The maximum atomic E-state index is 14.1. The topological polar surface area (TPSA) is 56.2 Å². The van der Waals surface area contributed by atoms with Crippen LogP contribution in [0.2, 0.25) is 0 Å². The second-order valence-electron chi connectivity index (χ2n) is 5.75. The van der Waals surface area contributed by atoms with E-state index in [2.05, 4.69) is 26.3 Å². The molecule has 140 valence electrons. The van der Waals surface area contributed by atoms with E-state index in [1.54, 1.807) is 7.05 Å². The van der Waals surface area contributed by atoms with Gasteiger partial charge in [0.1, 0.15) is 29.7 Å². The van der Waals surface area contributed by atoms with E-state index in [0.717, 1.165) is 16.6 Å². The second-order valence-corrected chi connectivity index (χ2v) is 6.66. The lowest BCUT2D eigenvalue weighted by atomic mass is 10.1. The number of rotatable bonds is 6. The highest BCUT2D eigenvalue weighted by molar-refractivity contribution is 9.10. The molecule has 3 aromatic rings. The third kappa shape index (κ3) is 4.71. The number of amides is 1. The molecule has 2 aromatic carbocycles. The molecule has 0 atom stereocenters. The zero-order valence-electron chi connectivity index (χ0n) is 14.4.